The third-order valence-electron chi connectivity index (χ3n) is 5.41. The van der Waals surface area contributed by atoms with E-state index < -0.39 is 0 Å². The van der Waals surface area contributed by atoms with E-state index in [-0.39, 0.29) is 24.1 Å². The van der Waals surface area contributed by atoms with Crippen molar-refractivity contribution in [1.29, 1.82) is 0 Å². The topological polar surface area (TPSA) is 68.9 Å². The molecule has 0 saturated carbocycles. The molecule has 1 unspecified atom stereocenters. The van der Waals surface area contributed by atoms with E-state index in [1.165, 1.54) is 0 Å². The van der Waals surface area contributed by atoms with E-state index in [9.17, 15) is 9.59 Å². The lowest BCUT2D eigenvalue weighted by Crippen LogP contribution is -2.31. The van der Waals surface area contributed by atoms with Crippen LogP contribution in [0.15, 0.2) is 83.9 Å². The Morgan fingerprint density at radius 3 is 2.10 bits per heavy atom. The van der Waals surface area contributed by atoms with Crippen LogP contribution in [0.2, 0.25) is 0 Å². The highest BCUT2D eigenvalue weighted by molar-refractivity contribution is 5.78. The van der Waals surface area contributed by atoms with E-state index >= 15 is 0 Å². The van der Waals surface area contributed by atoms with E-state index in [2.05, 4.69) is 17.2 Å². The molecule has 0 aliphatic heterocycles. The number of amides is 1. The Balaban J connectivity index is 1.55. The summed E-state index contributed by atoms with van der Waals surface area (Å²) >= 11 is 0. The van der Waals surface area contributed by atoms with Gasteiger partial charge >= 0.3 is 5.69 Å². The van der Waals surface area contributed by atoms with Crippen LogP contribution in [-0.2, 0) is 17.9 Å². The maximum Gasteiger partial charge on any atom is 0.329 e. The molecule has 0 radical (unpaired) electrons. The third kappa shape index (κ3) is 4.43. The van der Waals surface area contributed by atoms with E-state index in [1.54, 1.807) is 21.5 Å². The summed E-state index contributed by atoms with van der Waals surface area (Å²) in [5.74, 6) is -0.107. The molecule has 6 heteroatoms. The van der Waals surface area contributed by atoms with Gasteiger partial charge in [0.15, 0.2) is 0 Å². The number of rotatable bonds is 8. The monoisotopic (exact) mass is 414 g/mol. The van der Waals surface area contributed by atoms with E-state index in [4.69, 9.17) is 0 Å². The smallest absolute Gasteiger partial charge is 0.329 e. The summed E-state index contributed by atoms with van der Waals surface area (Å²) in [6, 6.07) is 21.1. The molecule has 2 aromatic carbocycles. The zero-order chi connectivity index (χ0) is 21.6. The predicted octanol–water partition coefficient (Wildman–Crippen LogP) is 3.90. The number of hydrogen-bond acceptors (Lipinski definition) is 3. The lowest BCUT2D eigenvalue weighted by Gasteiger charge is -2.20. The van der Waals surface area contributed by atoms with Gasteiger partial charge in [-0.1, -0.05) is 49.4 Å². The molecule has 2 heterocycles. The minimum absolute atomic E-state index is 0.0652. The number of pyridine rings is 1. The van der Waals surface area contributed by atoms with Crippen molar-refractivity contribution in [1.82, 2.24) is 19.4 Å². The number of aromatic nitrogens is 3. The molecule has 2 aromatic heterocycles. The standard InChI is InChI=1S/C25H26N4O2/c1-2-17-28-21-10-6-7-11-22(21)29(25(28)31)18-14-23(30)27-24(19-8-4-3-5-9-19)20-12-15-26-16-13-20/h3-13,15-16,24H,2,14,17-18H2,1H3,(H,27,30). The molecule has 0 saturated heterocycles. The van der Waals surface area contributed by atoms with Gasteiger partial charge in [0.25, 0.3) is 0 Å². The number of carbonyl (C=O) groups excluding carboxylic acids is 1. The number of nitrogens with one attached hydrogen (secondary N) is 1. The quantitative estimate of drug-likeness (QED) is 0.475. The minimum Gasteiger partial charge on any atom is -0.345 e. The Morgan fingerprint density at radius 1 is 0.871 bits per heavy atom. The lowest BCUT2D eigenvalue weighted by atomic mass is 9.99. The Kier molecular flexibility index (Phi) is 6.26. The Morgan fingerprint density at radius 2 is 1.45 bits per heavy atom. The van der Waals surface area contributed by atoms with Crippen molar-refractivity contribution in [2.75, 3.05) is 0 Å². The average Bonchev–Trinajstić information content (AvgIpc) is 3.08. The van der Waals surface area contributed by atoms with Crippen LogP contribution in [0.25, 0.3) is 11.0 Å². The molecular formula is C25H26N4O2. The van der Waals surface area contributed by atoms with Crippen LogP contribution in [0, 0.1) is 0 Å². The van der Waals surface area contributed by atoms with Crippen LogP contribution in [-0.4, -0.2) is 20.0 Å². The maximum atomic E-state index is 12.9. The van der Waals surface area contributed by atoms with Crippen molar-refractivity contribution in [3.05, 3.63) is 101 Å². The van der Waals surface area contributed by atoms with Gasteiger partial charge in [0, 0.05) is 31.9 Å². The van der Waals surface area contributed by atoms with Crippen LogP contribution in [0.1, 0.15) is 36.9 Å². The van der Waals surface area contributed by atoms with Crippen LogP contribution in [0.3, 0.4) is 0 Å². The number of hydrogen-bond donors (Lipinski definition) is 1. The first-order chi connectivity index (χ1) is 15.2. The molecule has 4 rings (SSSR count). The van der Waals surface area contributed by atoms with Crippen molar-refractivity contribution in [2.45, 2.75) is 38.9 Å². The molecule has 0 aliphatic carbocycles. The van der Waals surface area contributed by atoms with Crippen molar-refractivity contribution >= 4 is 16.9 Å². The van der Waals surface area contributed by atoms with Crippen LogP contribution in [0.4, 0.5) is 0 Å². The average molecular weight is 415 g/mol. The second-order valence-electron chi connectivity index (χ2n) is 7.52. The molecule has 1 N–H and O–H groups in total. The molecule has 158 valence electrons. The molecular weight excluding hydrogens is 388 g/mol. The molecule has 0 fully saturated rings. The highest BCUT2D eigenvalue weighted by Crippen LogP contribution is 2.21. The van der Waals surface area contributed by atoms with Gasteiger partial charge in [0.05, 0.1) is 17.1 Å². The van der Waals surface area contributed by atoms with Crippen LogP contribution in [0.5, 0.6) is 0 Å². The van der Waals surface area contributed by atoms with Gasteiger partial charge in [0.1, 0.15) is 0 Å². The SMILES string of the molecule is CCCn1c(=O)n(CCC(=O)NC(c2ccccc2)c2ccncc2)c2ccccc21. The summed E-state index contributed by atoms with van der Waals surface area (Å²) in [5.41, 5.74) is 3.67. The number of para-hydroxylation sites is 2. The highest BCUT2D eigenvalue weighted by Gasteiger charge is 2.18. The summed E-state index contributed by atoms with van der Waals surface area (Å²) < 4.78 is 3.49. The first-order valence-electron chi connectivity index (χ1n) is 10.6. The normalized spacial score (nSPS) is 12.0. The maximum absolute atomic E-state index is 12.9. The fourth-order valence-electron chi connectivity index (χ4n) is 3.94. The van der Waals surface area contributed by atoms with Gasteiger partial charge in [-0.3, -0.25) is 18.9 Å². The van der Waals surface area contributed by atoms with Gasteiger partial charge in [0.2, 0.25) is 5.91 Å². The van der Waals surface area contributed by atoms with E-state index in [0.717, 1.165) is 28.6 Å². The summed E-state index contributed by atoms with van der Waals surface area (Å²) in [4.78, 5) is 29.9. The van der Waals surface area contributed by atoms with Gasteiger partial charge in [-0.05, 0) is 41.8 Å². The summed E-state index contributed by atoms with van der Waals surface area (Å²) in [7, 11) is 0. The van der Waals surface area contributed by atoms with Crippen molar-refractivity contribution < 1.29 is 4.79 Å². The molecule has 1 atom stereocenters. The van der Waals surface area contributed by atoms with Gasteiger partial charge < -0.3 is 5.32 Å². The molecule has 0 spiro atoms. The van der Waals surface area contributed by atoms with Crippen LogP contribution < -0.4 is 11.0 Å². The number of benzene rings is 2. The summed E-state index contributed by atoms with van der Waals surface area (Å²) in [6.07, 6.45) is 4.53. The zero-order valence-corrected chi connectivity index (χ0v) is 17.6. The lowest BCUT2D eigenvalue weighted by molar-refractivity contribution is -0.121. The summed E-state index contributed by atoms with van der Waals surface area (Å²) in [6.45, 7) is 3.05. The largest absolute Gasteiger partial charge is 0.345 e. The van der Waals surface area contributed by atoms with Gasteiger partial charge in [-0.25, -0.2) is 4.79 Å². The predicted molar refractivity (Wildman–Crippen MR) is 122 cm³/mol. The Hall–Kier alpha value is -3.67. The molecule has 0 bridgehead atoms. The molecule has 4 aromatic rings. The molecule has 1 amide bonds. The van der Waals surface area contributed by atoms with E-state index in [1.807, 2.05) is 66.7 Å². The second-order valence-corrected chi connectivity index (χ2v) is 7.52. The van der Waals surface area contributed by atoms with Gasteiger partial charge in [-0.15, -0.1) is 0 Å². The van der Waals surface area contributed by atoms with E-state index in [0.29, 0.717) is 13.1 Å². The molecule has 6 nitrogen and oxygen atoms in total. The number of carbonyl (C=O) groups is 1. The fourth-order valence-corrected chi connectivity index (χ4v) is 3.94. The number of aryl methyl sites for hydroxylation is 2. The zero-order valence-electron chi connectivity index (χ0n) is 17.6. The second kappa shape index (κ2) is 9.43. The fraction of sp³-hybridized carbons (Fsp3) is 0.240. The minimum atomic E-state index is -0.269. The number of imidazole rings is 1. The first kappa shape index (κ1) is 20.6. The molecule has 31 heavy (non-hydrogen) atoms. The Labute approximate surface area is 181 Å². The van der Waals surface area contributed by atoms with Crippen molar-refractivity contribution in [3.63, 3.8) is 0 Å². The highest BCUT2D eigenvalue weighted by atomic mass is 16.2. The third-order valence-corrected chi connectivity index (χ3v) is 5.41. The molecule has 0 aliphatic rings. The number of fused-ring (bicyclic) bond motifs is 1. The van der Waals surface area contributed by atoms with Crippen LogP contribution >= 0.6 is 0 Å². The first-order valence-corrected chi connectivity index (χ1v) is 10.6. The van der Waals surface area contributed by atoms with Crippen molar-refractivity contribution in [2.24, 2.45) is 0 Å². The van der Waals surface area contributed by atoms with Gasteiger partial charge in [-0.2, -0.15) is 0 Å². The van der Waals surface area contributed by atoms with Crippen molar-refractivity contribution in [3.8, 4) is 0 Å². The summed E-state index contributed by atoms with van der Waals surface area (Å²) in [5, 5.41) is 3.13. The number of nitrogens with zero attached hydrogens (tertiary/aromatic N) is 3. The Bertz CT molecular complexity index is 1170.